The quantitative estimate of drug-likeness (QED) is 0.918. The Labute approximate surface area is 121 Å². The topological polar surface area (TPSA) is 29.9 Å². The zero-order valence-corrected chi connectivity index (χ0v) is 12.6. The summed E-state index contributed by atoms with van der Waals surface area (Å²) in [5.74, 6) is 0.717. The lowest BCUT2D eigenvalue weighted by molar-refractivity contribution is 0.374. The summed E-state index contributed by atoms with van der Waals surface area (Å²) in [6, 6.07) is 9.51. The van der Waals surface area contributed by atoms with E-state index in [2.05, 4.69) is 54.7 Å². The number of anilines is 1. The molecule has 0 radical (unpaired) electrons. The molecule has 0 saturated heterocycles. The van der Waals surface area contributed by atoms with Crippen molar-refractivity contribution in [3.8, 4) is 0 Å². The summed E-state index contributed by atoms with van der Waals surface area (Å²) < 4.78 is 1.90. The Morgan fingerprint density at radius 1 is 1.35 bits per heavy atom. The minimum Gasteiger partial charge on any atom is -0.380 e. The van der Waals surface area contributed by atoms with Crippen molar-refractivity contribution in [1.29, 1.82) is 0 Å². The molecular formula is C17H23N3. The molecule has 1 aromatic heterocycles. The second kappa shape index (κ2) is 5.31. The summed E-state index contributed by atoms with van der Waals surface area (Å²) >= 11 is 0. The smallest absolute Gasteiger partial charge is 0.0853 e. The molecule has 0 amide bonds. The van der Waals surface area contributed by atoms with Gasteiger partial charge in [0.2, 0.25) is 0 Å². The Morgan fingerprint density at radius 3 is 2.85 bits per heavy atom. The zero-order valence-electron chi connectivity index (χ0n) is 12.6. The molecule has 20 heavy (non-hydrogen) atoms. The van der Waals surface area contributed by atoms with Gasteiger partial charge in [-0.3, -0.25) is 4.68 Å². The van der Waals surface area contributed by atoms with E-state index in [1.165, 1.54) is 35.3 Å². The van der Waals surface area contributed by atoms with Gasteiger partial charge in [0.1, 0.15) is 0 Å². The zero-order chi connectivity index (χ0) is 14.1. The highest BCUT2D eigenvalue weighted by Crippen LogP contribution is 2.39. The summed E-state index contributed by atoms with van der Waals surface area (Å²) in [4.78, 5) is 0. The third-order valence-corrected chi connectivity index (χ3v) is 4.25. The minimum atomic E-state index is 0.593. The number of nitrogens with one attached hydrogen (secondary N) is 1. The van der Waals surface area contributed by atoms with Crippen LogP contribution in [0.25, 0.3) is 0 Å². The first kappa shape index (κ1) is 13.2. The Balaban J connectivity index is 1.60. The Bertz CT molecular complexity index is 594. The lowest BCUT2D eigenvalue weighted by atomic mass is 9.75. The third kappa shape index (κ3) is 2.58. The molecular weight excluding hydrogens is 246 g/mol. The van der Waals surface area contributed by atoms with Crippen molar-refractivity contribution in [3.63, 3.8) is 0 Å². The molecule has 1 aliphatic rings. The molecule has 1 heterocycles. The number of hydrogen-bond donors (Lipinski definition) is 1. The number of aromatic nitrogens is 2. The van der Waals surface area contributed by atoms with Gasteiger partial charge in [0.25, 0.3) is 0 Å². The molecule has 1 fully saturated rings. The Kier molecular flexibility index (Phi) is 3.51. The predicted octanol–water partition coefficient (Wildman–Crippen LogP) is 3.65. The summed E-state index contributed by atoms with van der Waals surface area (Å²) in [7, 11) is 1.99. The fourth-order valence-electron chi connectivity index (χ4n) is 3.07. The van der Waals surface area contributed by atoms with Crippen molar-refractivity contribution >= 4 is 5.69 Å². The van der Waals surface area contributed by atoms with Crippen LogP contribution in [0.1, 0.15) is 42.5 Å². The molecule has 0 unspecified atom stereocenters. The van der Waals surface area contributed by atoms with Crippen LogP contribution in [-0.2, 0) is 13.5 Å². The third-order valence-electron chi connectivity index (χ3n) is 4.25. The van der Waals surface area contributed by atoms with Crippen molar-refractivity contribution in [1.82, 2.24) is 9.78 Å². The molecule has 3 heteroatoms. The first-order valence-electron chi connectivity index (χ1n) is 7.51. The molecule has 1 aromatic carbocycles. The molecule has 0 bridgehead atoms. The number of rotatable bonds is 4. The van der Waals surface area contributed by atoms with Crippen LogP contribution in [0.4, 0.5) is 5.69 Å². The number of benzene rings is 1. The van der Waals surface area contributed by atoms with Crippen molar-refractivity contribution in [2.75, 3.05) is 5.32 Å². The van der Waals surface area contributed by atoms with Gasteiger partial charge in [-0.2, -0.15) is 5.10 Å². The van der Waals surface area contributed by atoms with E-state index in [0.29, 0.717) is 12.0 Å². The van der Waals surface area contributed by atoms with E-state index in [1.807, 2.05) is 11.7 Å². The monoisotopic (exact) mass is 269 g/mol. The van der Waals surface area contributed by atoms with E-state index in [1.54, 1.807) is 0 Å². The fourth-order valence-corrected chi connectivity index (χ4v) is 3.07. The van der Waals surface area contributed by atoms with E-state index in [-0.39, 0.29) is 0 Å². The van der Waals surface area contributed by atoms with E-state index in [4.69, 9.17) is 0 Å². The average Bonchev–Trinajstić information content (AvgIpc) is 2.73. The Morgan fingerprint density at radius 2 is 2.15 bits per heavy atom. The number of nitrogens with zero attached hydrogens (tertiary/aromatic N) is 2. The van der Waals surface area contributed by atoms with Crippen LogP contribution >= 0.6 is 0 Å². The number of hydrogen-bond acceptors (Lipinski definition) is 2. The first-order chi connectivity index (χ1) is 9.65. The average molecular weight is 269 g/mol. The summed E-state index contributed by atoms with van der Waals surface area (Å²) in [5, 5.41) is 8.13. The van der Waals surface area contributed by atoms with Crippen LogP contribution in [0.2, 0.25) is 0 Å². The molecule has 0 atom stereocenters. The standard InChI is InChI=1S/C17H23N3/c1-4-16-17(11-20(3)19-16)18-15-9-14(10-15)13-7-5-6-12(2)8-13/h5-8,11,14-15,18H,4,9-10H2,1-3H3. The van der Waals surface area contributed by atoms with Crippen molar-refractivity contribution < 1.29 is 0 Å². The van der Waals surface area contributed by atoms with Gasteiger partial charge in [-0.15, -0.1) is 0 Å². The van der Waals surface area contributed by atoms with Gasteiger partial charge in [-0.05, 0) is 37.7 Å². The maximum atomic E-state index is 4.48. The molecule has 1 aliphatic carbocycles. The summed E-state index contributed by atoms with van der Waals surface area (Å²) in [5.41, 5.74) is 5.23. The van der Waals surface area contributed by atoms with Crippen LogP contribution in [0.5, 0.6) is 0 Å². The van der Waals surface area contributed by atoms with Gasteiger partial charge in [0.05, 0.1) is 11.4 Å². The van der Waals surface area contributed by atoms with Crippen LogP contribution in [0, 0.1) is 6.92 Å². The highest BCUT2D eigenvalue weighted by molar-refractivity contribution is 5.48. The van der Waals surface area contributed by atoms with E-state index in [9.17, 15) is 0 Å². The molecule has 3 nitrogen and oxygen atoms in total. The molecule has 1 N–H and O–H groups in total. The molecule has 3 rings (SSSR count). The van der Waals surface area contributed by atoms with Gasteiger partial charge in [-0.1, -0.05) is 36.8 Å². The minimum absolute atomic E-state index is 0.593. The van der Waals surface area contributed by atoms with Crippen LogP contribution < -0.4 is 5.32 Å². The van der Waals surface area contributed by atoms with Gasteiger partial charge in [0, 0.05) is 19.3 Å². The normalized spacial score (nSPS) is 21.6. The van der Waals surface area contributed by atoms with Gasteiger partial charge in [0.15, 0.2) is 0 Å². The lowest BCUT2D eigenvalue weighted by Crippen LogP contribution is -2.34. The van der Waals surface area contributed by atoms with E-state index >= 15 is 0 Å². The van der Waals surface area contributed by atoms with Gasteiger partial charge in [-0.25, -0.2) is 0 Å². The first-order valence-corrected chi connectivity index (χ1v) is 7.51. The van der Waals surface area contributed by atoms with Crippen LogP contribution in [-0.4, -0.2) is 15.8 Å². The maximum absolute atomic E-state index is 4.48. The molecule has 1 saturated carbocycles. The fraction of sp³-hybridized carbons (Fsp3) is 0.471. The van der Waals surface area contributed by atoms with Crippen molar-refractivity contribution in [2.45, 2.75) is 45.1 Å². The lowest BCUT2D eigenvalue weighted by Gasteiger charge is -2.37. The van der Waals surface area contributed by atoms with Gasteiger partial charge >= 0.3 is 0 Å². The Hall–Kier alpha value is -1.77. The SMILES string of the molecule is CCc1nn(C)cc1NC1CC(c2cccc(C)c2)C1. The van der Waals surface area contributed by atoms with Crippen molar-refractivity contribution in [2.24, 2.45) is 7.05 Å². The van der Waals surface area contributed by atoms with Crippen molar-refractivity contribution in [3.05, 3.63) is 47.3 Å². The predicted molar refractivity (Wildman–Crippen MR) is 83.2 cm³/mol. The highest BCUT2D eigenvalue weighted by Gasteiger charge is 2.30. The molecule has 106 valence electrons. The second-order valence-electron chi connectivity index (χ2n) is 5.94. The largest absolute Gasteiger partial charge is 0.380 e. The van der Waals surface area contributed by atoms with E-state index in [0.717, 1.165) is 6.42 Å². The van der Waals surface area contributed by atoms with Crippen LogP contribution in [0.15, 0.2) is 30.5 Å². The molecule has 0 aliphatic heterocycles. The maximum Gasteiger partial charge on any atom is 0.0853 e. The second-order valence-corrected chi connectivity index (χ2v) is 5.94. The number of aryl methyl sites for hydroxylation is 3. The van der Waals surface area contributed by atoms with Gasteiger partial charge < -0.3 is 5.32 Å². The van der Waals surface area contributed by atoms with Crippen LogP contribution in [0.3, 0.4) is 0 Å². The highest BCUT2D eigenvalue weighted by atomic mass is 15.3. The molecule has 2 aromatic rings. The molecule has 0 spiro atoms. The van der Waals surface area contributed by atoms with E-state index < -0.39 is 0 Å². The summed E-state index contributed by atoms with van der Waals surface area (Å²) in [6.07, 6.45) is 5.53. The summed E-state index contributed by atoms with van der Waals surface area (Å²) in [6.45, 7) is 4.32.